The predicted octanol–water partition coefficient (Wildman–Crippen LogP) is 4.63. The minimum absolute atomic E-state index is 0.143. The molecular formula is C20H14O3. The van der Waals surface area contributed by atoms with Crippen LogP contribution in [0.1, 0.15) is 15.9 Å². The third kappa shape index (κ3) is 1.67. The summed E-state index contributed by atoms with van der Waals surface area (Å²) < 4.78 is 0. The topological polar surface area (TPSA) is 57.5 Å². The van der Waals surface area contributed by atoms with Crippen molar-refractivity contribution in [1.29, 1.82) is 0 Å². The van der Waals surface area contributed by atoms with Crippen LogP contribution in [0.15, 0.2) is 48.5 Å². The monoisotopic (exact) mass is 302 g/mol. The van der Waals surface area contributed by atoms with Gasteiger partial charge in [0.05, 0.1) is 0 Å². The zero-order chi connectivity index (χ0) is 16.1. The van der Waals surface area contributed by atoms with Crippen molar-refractivity contribution in [2.24, 2.45) is 0 Å². The van der Waals surface area contributed by atoms with Crippen molar-refractivity contribution < 1.29 is 15.0 Å². The Morgan fingerprint density at radius 3 is 2.13 bits per heavy atom. The Bertz CT molecular complexity index is 1050. The summed E-state index contributed by atoms with van der Waals surface area (Å²) in [7, 11) is 0. The van der Waals surface area contributed by atoms with Gasteiger partial charge in [-0.15, -0.1) is 0 Å². The number of carbonyl (C=O) groups is 1. The number of benzene rings is 4. The predicted molar refractivity (Wildman–Crippen MR) is 91.5 cm³/mol. The maximum atomic E-state index is 11.6. The van der Waals surface area contributed by atoms with Crippen molar-refractivity contribution in [3.63, 3.8) is 0 Å². The van der Waals surface area contributed by atoms with E-state index >= 15 is 0 Å². The lowest BCUT2D eigenvalue weighted by Gasteiger charge is -2.20. The number of hydrogen-bond acceptors (Lipinski definition) is 3. The number of phenols is 2. The molecule has 23 heavy (non-hydrogen) atoms. The van der Waals surface area contributed by atoms with Crippen LogP contribution in [0.3, 0.4) is 0 Å². The van der Waals surface area contributed by atoms with E-state index in [0.717, 1.165) is 28.2 Å². The van der Waals surface area contributed by atoms with Crippen LogP contribution in [0.25, 0.3) is 32.7 Å². The number of fused-ring (bicyclic) bond motifs is 6. The standard InChI is InChI=1S/C20H14O3/c1-11-16-13-8-5-9-14(15(13)10-21)17(11)19(22)20(23)18(16)12-6-3-2-4-7-12/h2-10,22-23H,1H3. The first-order valence-electron chi connectivity index (χ1n) is 7.38. The van der Waals surface area contributed by atoms with Crippen LogP contribution in [-0.2, 0) is 0 Å². The van der Waals surface area contributed by atoms with Gasteiger partial charge in [-0.3, -0.25) is 4.79 Å². The van der Waals surface area contributed by atoms with Gasteiger partial charge in [0.25, 0.3) is 0 Å². The molecule has 0 aliphatic carbocycles. The van der Waals surface area contributed by atoms with Gasteiger partial charge in [0.15, 0.2) is 17.8 Å². The van der Waals surface area contributed by atoms with Crippen molar-refractivity contribution in [3.05, 3.63) is 59.7 Å². The smallest absolute Gasteiger partial charge is 0.166 e. The lowest BCUT2D eigenvalue weighted by atomic mass is 9.85. The SMILES string of the molecule is Cc1c2c(O)c(O)c(-c3ccccc3)c1c1cccc2c1C=O. The molecular weight excluding hydrogens is 288 g/mol. The second kappa shape index (κ2) is 4.71. The first kappa shape index (κ1) is 13.6. The molecule has 0 atom stereocenters. The molecule has 0 aliphatic rings. The average molecular weight is 302 g/mol. The third-order valence-electron chi connectivity index (χ3n) is 4.52. The molecule has 3 nitrogen and oxygen atoms in total. The second-order valence-corrected chi connectivity index (χ2v) is 5.70. The largest absolute Gasteiger partial charge is 0.504 e. The highest BCUT2D eigenvalue weighted by Crippen LogP contribution is 2.50. The number of aldehydes is 1. The normalized spacial score (nSPS) is 11.3. The Morgan fingerprint density at radius 2 is 1.48 bits per heavy atom. The highest BCUT2D eigenvalue weighted by molar-refractivity contribution is 6.21. The first-order chi connectivity index (χ1) is 11.1. The molecule has 4 rings (SSSR count). The number of phenolic OH excluding ortho intramolecular Hbond substituents is 2. The summed E-state index contributed by atoms with van der Waals surface area (Å²) >= 11 is 0. The summed E-state index contributed by atoms with van der Waals surface area (Å²) in [6.45, 7) is 1.91. The molecule has 3 heteroatoms. The van der Waals surface area contributed by atoms with Gasteiger partial charge in [0.1, 0.15) is 0 Å². The van der Waals surface area contributed by atoms with Gasteiger partial charge < -0.3 is 10.2 Å². The molecule has 4 bridgehead atoms. The van der Waals surface area contributed by atoms with Crippen LogP contribution in [0.2, 0.25) is 0 Å². The fourth-order valence-electron chi connectivity index (χ4n) is 3.53. The maximum absolute atomic E-state index is 11.6. The Labute approximate surface area is 132 Å². The molecule has 0 spiro atoms. The highest BCUT2D eigenvalue weighted by Gasteiger charge is 2.23. The molecule has 0 saturated carbocycles. The molecule has 112 valence electrons. The van der Waals surface area contributed by atoms with Crippen LogP contribution in [-0.4, -0.2) is 16.5 Å². The van der Waals surface area contributed by atoms with E-state index in [9.17, 15) is 15.0 Å². The number of rotatable bonds is 2. The number of aryl methyl sites for hydroxylation is 1. The zero-order valence-electron chi connectivity index (χ0n) is 12.5. The molecule has 0 fully saturated rings. The molecule has 4 aromatic rings. The van der Waals surface area contributed by atoms with Gasteiger partial charge in [0.2, 0.25) is 0 Å². The van der Waals surface area contributed by atoms with Gasteiger partial charge in [-0.05, 0) is 34.2 Å². The first-order valence-corrected chi connectivity index (χ1v) is 7.38. The third-order valence-corrected chi connectivity index (χ3v) is 4.52. The van der Waals surface area contributed by atoms with E-state index in [4.69, 9.17) is 0 Å². The van der Waals surface area contributed by atoms with Crippen molar-refractivity contribution in [1.82, 2.24) is 0 Å². The molecule has 4 aromatic carbocycles. The zero-order valence-corrected chi connectivity index (χ0v) is 12.5. The lowest BCUT2D eigenvalue weighted by molar-refractivity contribution is 0.112. The quantitative estimate of drug-likeness (QED) is 0.419. The summed E-state index contributed by atoms with van der Waals surface area (Å²) in [6, 6.07) is 14.9. The molecule has 0 radical (unpaired) electrons. The number of hydrogen-bond donors (Lipinski definition) is 2. The fraction of sp³-hybridized carbons (Fsp3) is 0.0500. The van der Waals surface area contributed by atoms with Crippen LogP contribution in [0, 0.1) is 6.92 Å². The Hall–Kier alpha value is -3.07. The van der Waals surface area contributed by atoms with Gasteiger partial charge in [-0.2, -0.15) is 0 Å². The Balaban J connectivity index is 2.34. The lowest BCUT2D eigenvalue weighted by Crippen LogP contribution is -1.96. The molecule has 0 aromatic heterocycles. The summed E-state index contributed by atoms with van der Waals surface area (Å²) in [4.78, 5) is 11.6. The van der Waals surface area contributed by atoms with E-state index in [1.807, 2.05) is 49.4 Å². The second-order valence-electron chi connectivity index (χ2n) is 5.70. The fourth-order valence-corrected chi connectivity index (χ4v) is 3.53. The van der Waals surface area contributed by atoms with Crippen LogP contribution < -0.4 is 0 Å². The van der Waals surface area contributed by atoms with E-state index < -0.39 is 0 Å². The molecule has 2 N–H and O–H groups in total. The molecule has 0 aliphatic heterocycles. The Morgan fingerprint density at radius 1 is 0.826 bits per heavy atom. The Kier molecular flexibility index (Phi) is 2.78. The maximum Gasteiger partial charge on any atom is 0.166 e. The summed E-state index contributed by atoms with van der Waals surface area (Å²) in [5, 5.41) is 23.9. The minimum atomic E-state index is -0.176. The van der Waals surface area contributed by atoms with Crippen molar-refractivity contribution >= 4 is 27.8 Å². The molecule has 0 amide bonds. The van der Waals surface area contributed by atoms with Gasteiger partial charge in [-0.1, -0.05) is 48.5 Å². The highest BCUT2D eigenvalue weighted by atomic mass is 16.3. The summed E-state index contributed by atoms with van der Waals surface area (Å²) in [5.74, 6) is -0.319. The van der Waals surface area contributed by atoms with E-state index in [1.165, 1.54) is 0 Å². The van der Waals surface area contributed by atoms with E-state index in [-0.39, 0.29) is 11.5 Å². The van der Waals surface area contributed by atoms with E-state index in [0.29, 0.717) is 21.9 Å². The van der Waals surface area contributed by atoms with E-state index in [1.54, 1.807) is 6.07 Å². The van der Waals surface area contributed by atoms with Crippen molar-refractivity contribution in [2.45, 2.75) is 6.92 Å². The van der Waals surface area contributed by atoms with Crippen LogP contribution >= 0.6 is 0 Å². The van der Waals surface area contributed by atoms with Crippen LogP contribution in [0.5, 0.6) is 11.5 Å². The van der Waals surface area contributed by atoms with E-state index in [2.05, 4.69) is 0 Å². The number of carbonyl (C=O) groups excluding carboxylic acids is 1. The minimum Gasteiger partial charge on any atom is -0.504 e. The van der Waals surface area contributed by atoms with Gasteiger partial charge in [0, 0.05) is 16.5 Å². The summed E-state index contributed by atoms with van der Waals surface area (Å²) in [6.07, 6.45) is 0.815. The van der Waals surface area contributed by atoms with Crippen molar-refractivity contribution in [3.8, 4) is 22.6 Å². The van der Waals surface area contributed by atoms with Gasteiger partial charge in [-0.25, -0.2) is 0 Å². The average Bonchev–Trinajstić information content (AvgIpc) is 2.57. The van der Waals surface area contributed by atoms with Gasteiger partial charge >= 0.3 is 0 Å². The van der Waals surface area contributed by atoms with Crippen LogP contribution in [0.4, 0.5) is 0 Å². The van der Waals surface area contributed by atoms with Crippen molar-refractivity contribution in [2.75, 3.05) is 0 Å². The molecule has 0 heterocycles. The molecule has 0 unspecified atom stereocenters. The molecule has 0 saturated heterocycles. The summed E-state index contributed by atoms with van der Waals surface area (Å²) in [5.41, 5.74) is 2.78. The number of aromatic hydroxyl groups is 2.